The van der Waals surface area contributed by atoms with Gasteiger partial charge in [0.05, 0.1) is 0 Å². The van der Waals surface area contributed by atoms with Crippen LogP contribution in [0.25, 0.3) is 0 Å². The molecule has 0 bridgehead atoms. The third-order valence-electron chi connectivity index (χ3n) is 5.37. The van der Waals surface area contributed by atoms with Crippen LogP contribution < -0.4 is 4.74 Å². The summed E-state index contributed by atoms with van der Waals surface area (Å²) in [6, 6.07) is 19.8. The van der Waals surface area contributed by atoms with Crippen molar-refractivity contribution in [2.24, 2.45) is 5.92 Å². The number of nitrogens with zero attached hydrogens (tertiary/aromatic N) is 1. The molecule has 2 aromatic rings. The Morgan fingerprint density at radius 3 is 2.35 bits per heavy atom. The minimum absolute atomic E-state index is 0.0878. The van der Waals surface area contributed by atoms with Crippen LogP contribution in [-0.2, 0) is 15.1 Å². The summed E-state index contributed by atoms with van der Waals surface area (Å²) in [5, 5.41) is 0. The van der Waals surface area contributed by atoms with E-state index < -0.39 is 5.60 Å². The van der Waals surface area contributed by atoms with Crippen LogP contribution in [0.5, 0.6) is 5.75 Å². The molecule has 0 amide bonds. The van der Waals surface area contributed by atoms with E-state index in [1.165, 1.54) is 0 Å². The highest BCUT2D eigenvalue weighted by atomic mass is 16.6. The number of likely N-dealkylation sites (tertiary alicyclic amines) is 1. The monoisotopic (exact) mass is 353 g/mol. The Morgan fingerprint density at radius 2 is 1.69 bits per heavy atom. The summed E-state index contributed by atoms with van der Waals surface area (Å²) in [6.45, 7) is 5.12. The van der Waals surface area contributed by atoms with Gasteiger partial charge in [0.15, 0.2) is 6.61 Å². The molecule has 1 heterocycles. The Balaban J connectivity index is 1.79. The molecular weight excluding hydrogens is 326 g/mol. The molecule has 3 rings (SSSR count). The second-order valence-corrected chi connectivity index (χ2v) is 7.23. The van der Waals surface area contributed by atoms with E-state index in [1.54, 1.807) is 0 Å². The maximum atomic E-state index is 12.6. The summed E-state index contributed by atoms with van der Waals surface area (Å²) in [5.41, 5.74) is 0.435. The maximum Gasteiger partial charge on any atom is 0.345 e. The number of esters is 1. The Bertz CT molecular complexity index is 719. The highest BCUT2D eigenvalue weighted by Crippen LogP contribution is 2.42. The minimum atomic E-state index is -0.621. The molecule has 4 heteroatoms. The molecule has 1 aliphatic heterocycles. The molecule has 4 nitrogen and oxygen atoms in total. The van der Waals surface area contributed by atoms with Crippen LogP contribution in [0.1, 0.15) is 25.8 Å². The molecule has 1 aliphatic rings. The quantitative estimate of drug-likeness (QED) is 0.765. The second-order valence-electron chi connectivity index (χ2n) is 7.23. The third-order valence-corrected chi connectivity index (χ3v) is 5.37. The van der Waals surface area contributed by atoms with Gasteiger partial charge in [-0.05, 0) is 31.7 Å². The van der Waals surface area contributed by atoms with Crippen molar-refractivity contribution in [2.75, 3.05) is 20.2 Å². The van der Waals surface area contributed by atoms with Gasteiger partial charge < -0.3 is 14.4 Å². The summed E-state index contributed by atoms with van der Waals surface area (Å²) in [6.07, 6.45) is 0.770. The lowest BCUT2D eigenvalue weighted by molar-refractivity contribution is -0.180. The Kier molecular flexibility index (Phi) is 5.62. The van der Waals surface area contributed by atoms with Gasteiger partial charge in [-0.1, -0.05) is 55.5 Å². The van der Waals surface area contributed by atoms with Gasteiger partial charge in [0.1, 0.15) is 11.4 Å². The Labute approximate surface area is 155 Å². The lowest BCUT2D eigenvalue weighted by atomic mass is 9.74. The molecule has 2 aromatic carbocycles. The van der Waals surface area contributed by atoms with Crippen molar-refractivity contribution >= 4 is 5.97 Å². The number of rotatable bonds is 5. The normalized spacial score (nSPS) is 26.3. The summed E-state index contributed by atoms with van der Waals surface area (Å²) >= 11 is 0. The molecule has 1 fully saturated rings. The molecule has 0 spiro atoms. The van der Waals surface area contributed by atoms with Crippen LogP contribution in [0.4, 0.5) is 0 Å². The fraction of sp³-hybridized carbons (Fsp3) is 0.409. The van der Waals surface area contributed by atoms with Crippen molar-refractivity contribution < 1.29 is 14.3 Å². The van der Waals surface area contributed by atoms with Crippen molar-refractivity contribution in [2.45, 2.75) is 31.9 Å². The number of para-hydroxylation sites is 1. The summed E-state index contributed by atoms with van der Waals surface area (Å²) in [5.74, 6) is 0.524. The second kappa shape index (κ2) is 7.92. The number of carbonyl (C=O) groups excluding carboxylic acids is 1. The highest BCUT2D eigenvalue weighted by Gasteiger charge is 2.47. The zero-order chi connectivity index (χ0) is 18.6. The van der Waals surface area contributed by atoms with Gasteiger partial charge in [-0.25, -0.2) is 4.79 Å². The van der Waals surface area contributed by atoms with E-state index in [9.17, 15) is 4.79 Å². The molecule has 26 heavy (non-hydrogen) atoms. The van der Waals surface area contributed by atoms with Crippen molar-refractivity contribution in [1.29, 1.82) is 0 Å². The molecule has 0 radical (unpaired) electrons. The molecule has 138 valence electrons. The van der Waals surface area contributed by atoms with Gasteiger partial charge in [0, 0.05) is 24.9 Å². The number of benzene rings is 2. The van der Waals surface area contributed by atoms with E-state index >= 15 is 0 Å². The predicted molar refractivity (Wildman–Crippen MR) is 102 cm³/mol. The molecular formula is C22H27NO3. The number of hydrogen-bond acceptors (Lipinski definition) is 4. The molecule has 0 aromatic heterocycles. The van der Waals surface area contributed by atoms with E-state index in [0.29, 0.717) is 11.8 Å². The van der Waals surface area contributed by atoms with E-state index in [2.05, 4.69) is 37.9 Å². The van der Waals surface area contributed by atoms with Gasteiger partial charge >= 0.3 is 5.97 Å². The third kappa shape index (κ3) is 3.91. The number of hydrogen-bond donors (Lipinski definition) is 0. The number of carbonyl (C=O) groups is 1. The van der Waals surface area contributed by atoms with E-state index in [-0.39, 0.29) is 18.5 Å². The predicted octanol–water partition coefficient (Wildman–Crippen LogP) is 3.86. The first-order valence-corrected chi connectivity index (χ1v) is 9.17. The summed E-state index contributed by atoms with van der Waals surface area (Å²) < 4.78 is 11.7. The van der Waals surface area contributed by atoms with Gasteiger partial charge in [-0.2, -0.15) is 0 Å². The Hall–Kier alpha value is -2.33. The van der Waals surface area contributed by atoms with E-state index in [4.69, 9.17) is 9.47 Å². The standard InChI is InChI=1S/C22H27NO3/c1-17-15-23(3)18(2)14-22(17,19-10-6-4-7-11-19)26-21(24)16-25-20-12-8-5-9-13-20/h4-13,17-18H,14-16H2,1-3H3/t17-,18+,22-/m1/s1. The largest absolute Gasteiger partial charge is 0.482 e. The van der Waals surface area contributed by atoms with Crippen LogP contribution in [0.15, 0.2) is 60.7 Å². The molecule has 0 aliphatic carbocycles. The summed E-state index contributed by atoms with van der Waals surface area (Å²) in [7, 11) is 2.12. The average Bonchev–Trinajstić information content (AvgIpc) is 2.66. The lowest BCUT2D eigenvalue weighted by Gasteiger charge is -2.48. The van der Waals surface area contributed by atoms with Gasteiger partial charge in [0.25, 0.3) is 0 Å². The van der Waals surface area contributed by atoms with Crippen molar-refractivity contribution in [3.63, 3.8) is 0 Å². The fourth-order valence-corrected chi connectivity index (χ4v) is 3.77. The van der Waals surface area contributed by atoms with Crippen molar-refractivity contribution in [3.05, 3.63) is 66.2 Å². The van der Waals surface area contributed by atoms with Crippen LogP contribution in [0, 0.1) is 5.92 Å². The fourth-order valence-electron chi connectivity index (χ4n) is 3.77. The SMILES string of the molecule is C[C@@H]1CN(C)[C@@H](C)C[C@]1(OC(=O)COc1ccccc1)c1ccccc1. The Morgan fingerprint density at radius 1 is 1.08 bits per heavy atom. The van der Waals surface area contributed by atoms with Gasteiger partial charge in [0.2, 0.25) is 0 Å². The van der Waals surface area contributed by atoms with Crippen molar-refractivity contribution in [3.8, 4) is 5.75 Å². The van der Waals surface area contributed by atoms with Crippen molar-refractivity contribution in [1.82, 2.24) is 4.90 Å². The first-order chi connectivity index (χ1) is 12.5. The van der Waals surface area contributed by atoms with E-state index in [1.807, 2.05) is 48.5 Å². The summed E-state index contributed by atoms with van der Waals surface area (Å²) in [4.78, 5) is 15.0. The molecule has 1 saturated heterocycles. The first kappa shape index (κ1) is 18.5. The molecule has 0 N–H and O–H groups in total. The zero-order valence-corrected chi connectivity index (χ0v) is 15.7. The molecule has 0 unspecified atom stereocenters. The van der Waals surface area contributed by atoms with E-state index in [0.717, 1.165) is 18.5 Å². The maximum absolute atomic E-state index is 12.6. The number of piperidine rings is 1. The zero-order valence-electron chi connectivity index (χ0n) is 15.7. The average molecular weight is 353 g/mol. The van der Waals surface area contributed by atoms with Gasteiger partial charge in [-0.3, -0.25) is 0 Å². The molecule has 3 atom stereocenters. The smallest absolute Gasteiger partial charge is 0.345 e. The lowest BCUT2D eigenvalue weighted by Crippen LogP contribution is -2.54. The van der Waals surface area contributed by atoms with Crippen LogP contribution in [0.2, 0.25) is 0 Å². The van der Waals surface area contributed by atoms with Gasteiger partial charge in [-0.15, -0.1) is 0 Å². The highest BCUT2D eigenvalue weighted by molar-refractivity contribution is 5.72. The first-order valence-electron chi connectivity index (χ1n) is 9.17. The number of ether oxygens (including phenoxy) is 2. The topological polar surface area (TPSA) is 38.8 Å². The van der Waals surface area contributed by atoms with Crippen LogP contribution in [-0.4, -0.2) is 37.1 Å². The van der Waals surface area contributed by atoms with Crippen LogP contribution in [0.3, 0.4) is 0 Å². The van der Waals surface area contributed by atoms with Crippen LogP contribution >= 0.6 is 0 Å². The minimum Gasteiger partial charge on any atom is -0.482 e. The molecule has 0 saturated carbocycles.